The second-order valence-corrected chi connectivity index (χ2v) is 5.27. The van der Waals surface area contributed by atoms with Crippen LogP contribution in [0.5, 0.6) is 0 Å². The lowest BCUT2D eigenvalue weighted by molar-refractivity contribution is -0.145. The summed E-state index contributed by atoms with van der Waals surface area (Å²) in [5, 5.41) is 13.4. The third kappa shape index (κ3) is 2.29. The lowest BCUT2D eigenvalue weighted by Crippen LogP contribution is -2.41. The van der Waals surface area contributed by atoms with Crippen LogP contribution in [0.4, 0.5) is 0 Å². The number of rotatable bonds is 3. The molecular weight excluding hydrogens is 264 g/mol. The van der Waals surface area contributed by atoms with Crippen LogP contribution in [-0.4, -0.2) is 52.8 Å². The Morgan fingerprint density at radius 2 is 2.25 bits per heavy atom. The maximum Gasteiger partial charge on any atom is 0.328 e. The zero-order chi connectivity index (χ0) is 14.3. The third-order valence-electron chi connectivity index (χ3n) is 3.74. The van der Waals surface area contributed by atoms with E-state index in [2.05, 4.69) is 9.89 Å². The van der Waals surface area contributed by atoms with Crippen LogP contribution < -0.4 is 0 Å². The van der Waals surface area contributed by atoms with E-state index >= 15 is 0 Å². The van der Waals surface area contributed by atoms with E-state index in [0.717, 1.165) is 12.8 Å². The van der Waals surface area contributed by atoms with Gasteiger partial charge in [-0.05, 0) is 12.8 Å². The number of hydrogen-bond acceptors (Lipinski definition) is 6. The largest absolute Gasteiger partial charge is 0.467 e. The van der Waals surface area contributed by atoms with Crippen LogP contribution in [0.1, 0.15) is 41.4 Å². The zero-order valence-corrected chi connectivity index (χ0v) is 11.1. The van der Waals surface area contributed by atoms with E-state index < -0.39 is 24.0 Å². The number of ether oxygens (including phenoxy) is 1. The predicted octanol–water partition coefficient (Wildman–Crippen LogP) is 0.300. The van der Waals surface area contributed by atoms with Crippen LogP contribution in [0.25, 0.3) is 0 Å². The smallest absolute Gasteiger partial charge is 0.328 e. The van der Waals surface area contributed by atoms with E-state index in [1.807, 2.05) is 0 Å². The summed E-state index contributed by atoms with van der Waals surface area (Å²) in [7, 11) is 1.26. The van der Waals surface area contributed by atoms with Crippen molar-refractivity contribution in [3.63, 3.8) is 0 Å². The van der Waals surface area contributed by atoms with Gasteiger partial charge < -0.3 is 19.3 Å². The van der Waals surface area contributed by atoms with Crippen molar-refractivity contribution in [1.29, 1.82) is 0 Å². The van der Waals surface area contributed by atoms with Gasteiger partial charge in [0.2, 0.25) is 0 Å². The van der Waals surface area contributed by atoms with Gasteiger partial charge in [0.05, 0.1) is 13.2 Å². The number of carbonyl (C=O) groups is 2. The first kappa shape index (κ1) is 13.1. The van der Waals surface area contributed by atoms with E-state index in [1.54, 1.807) is 6.07 Å². The van der Waals surface area contributed by atoms with Gasteiger partial charge in [0.15, 0.2) is 5.69 Å². The number of amides is 1. The van der Waals surface area contributed by atoms with Gasteiger partial charge in [-0.1, -0.05) is 5.16 Å². The minimum Gasteiger partial charge on any atom is -0.467 e. The Hall–Kier alpha value is -1.89. The Balaban J connectivity index is 1.78. The molecule has 1 N–H and O–H groups in total. The first-order valence-corrected chi connectivity index (χ1v) is 6.63. The summed E-state index contributed by atoms with van der Waals surface area (Å²) >= 11 is 0. The van der Waals surface area contributed by atoms with Gasteiger partial charge in [0, 0.05) is 24.9 Å². The molecule has 108 valence electrons. The summed E-state index contributed by atoms with van der Waals surface area (Å²) in [6.45, 7) is 0.101. The zero-order valence-electron chi connectivity index (χ0n) is 11.1. The lowest BCUT2D eigenvalue weighted by atomic mass is 10.2. The molecule has 0 bridgehead atoms. The van der Waals surface area contributed by atoms with E-state index in [9.17, 15) is 14.7 Å². The number of carbonyl (C=O) groups excluding carboxylic acids is 2. The molecule has 0 spiro atoms. The van der Waals surface area contributed by atoms with Crippen molar-refractivity contribution in [1.82, 2.24) is 10.1 Å². The van der Waals surface area contributed by atoms with E-state index in [4.69, 9.17) is 4.52 Å². The van der Waals surface area contributed by atoms with Gasteiger partial charge in [-0.3, -0.25) is 4.79 Å². The molecule has 0 aromatic carbocycles. The topological polar surface area (TPSA) is 92.9 Å². The molecule has 2 atom stereocenters. The SMILES string of the molecule is COC(=O)C1CC(O)CN1C(=O)c1cc(C2CC2)on1. The van der Waals surface area contributed by atoms with Gasteiger partial charge in [0.1, 0.15) is 11.8 Å². The van der Waals surface area contributed by atoms with Crippen molar-refractivity contribution < 1.29 is 24.0 Å². The average Bonchev–Trinajstić information content (AvgIpc) is 3.04. The van der Waals surface area contributed by atoms with Crippen LogP contribution in [0.3, 0.4) is 0 Å². The molecule has 3 rings (SSSR count). The second kappa shape index (κ2) is 4.90. The minimum absolute atomic E-state index is 0.101. The number of hydrogen-bond donors (Lipinski definition) is 1. The van der Waals surface area contributed by atoms with Crippen molar-refractivity contribution in [3.8, 4) is 0 Å². The molecule has 1 aliphatic carbocycles. The molecule has 1 aromatic rings. The normalized spacial score (nSPS) is 25.8. The van der Waals surface area contributed by atoms with Crippen LogP contribution in [-0.2, 0) is 9.53 Å². The molecule has 1 saturated carbocycles. The van der Waals surface area contributed by atoms with Crippen LogP contribution in [0, 0.1) is 0 Å². The number of β-amino-alcohol motifs (C(OH)–C–C–N with tert-alkyl or cyclic N) is 1. The molecular formula is C13H16N2O5. The van der Waals surface area contributed by atoms with Gasteiger partial charge >= 0.3 is 5.97 Å². The summed E-state index contributed by atoms with van der Waals surface area (Å²) in [5.74, 6) is 0.140. The number of nitrogens with zero attached hydrogens (tertiary/aromatic N) is 2. The predicted molar refractivity (Wildman–Crippen MR) is 65.9 cm³/mol. The first-order valence-electron chi connectivity index (χ1n) is 6.63. The van der Waals surface area contributed by atoms with E-state index in [1.165, 1.54) is 12.0 Å². The molecule has 2 heterocycles. The Kier molecular flexibility index (Phi) is 3.21. The van der Waals surface area contributed by atoms with Gasteiger partial charge in [0.25, 0.3) is 5.91 Å². The highest BCUT2D eigenvalue weighted by molar-refractivity contribution is 5.95. The number of aliphatic hydroxyl groups excluding tert-OH is 1. The third-order valence-corrected chi connectivity index (χ3v) is 3.74. The molecule has 0 radical (unpaired) electrons. The van der Waals surface area contributed by atoms with E-state index in [-0.39, 0.29) is 18.7 Å². The number of likely N-dealkylation sites (tertiary alicyclic amines) is 1. The minimum atomic E-state index is -0.761. The van der Waals surface area contributed by atoms with Gasteiger partial charge in [-0.25, -0.2) is 4.79 Å². The van der Waals surface area contributed by atoms with E-state index in [0.29, 0.717) is 11.7 Å². The van der Waals surface area contributed by atoms with Crippen molar-refractivity contribution in [2.24, 2.45) is 0 Å². The maximum absolute atomic E-state index is 12.4. The highest BCUT2D eigenvalue weighted by Gasteiger charge is 2.41. The second-order valence-electron chi connectivity index (χ2n) is 5.27. The number of aliphatic hydroxyl groups is 1. The highest BCUT2D eigenvalue weighted by atomic mass is 16.5. The summed E-state index contributed by atoms with van der Waals surface area (Å²) < 4.78 is 9.81. The Morgan fingerprint density at radius 1 is 1.50 bits per heavy atom. The van der Waals surface area contributed by atoms with Crippen molar-refractivity contribution in [2.75, 3.05) is 13.7 Å². The maximum atomic E-state index is 12.4. The highest BCUT2D eigenvalue weighted by Crippen LogP contribution is 2.40. The Bertz CT molecular complexity index is 537. The molecule has 2 aliphatic rings. The monoisotopic (exact) mass is 280 g/mol. The van der Waals surface area contributed by atoms with Crippen molar-refractivity contribution >= 4 is 11.9 Å². The van der Waals surface area contributed by atoms with Crippen molar-refractivity contribution in [3.05, 3.63) is 17.5 Å². The fraction of sp³-hybridized carbons (Fsp3) is 0.615. The molecule has 1 aliphatic heterocycles. The molecule has 1 aromatic heterocycles. The van der Waals surface area contributed by atoms with Crippen LogP contribution in [0.2, 0.25) is 0 Å². The summed E-state index contributed by atoms with van der Waals surface area (Å²) in [6, 6.07) is 0.863. The Morgan fingerprint density at radius 3 is 2.90 bits per heavy atom. The molecule has 1 amide bonds. The Labute approximate surface area is 115 Å². The lowest BCUT2D eigenvalue weighted by Gasteiger charge is -2.20. The summed E-state index contributed by atoms with van der Waals surface area (Å²) in [6.07, 6.45) is 1.57. The number of esters is 1. The average molecular weight is 280 g/mol. The molecule has 7 heteroatoms. The summed E-state index contributed by atoms with van der Waals surface area (Å²) in [4.78, 5) is 25.3. The molecule has 7 nitrogen and oxygen atoms in total. The fourth-order valence-electron chi connectivity index (χ4n) is 2.50. The van der Waals surface area contributed by atoms with Crippen LogP contribution in [0.15, 0.2) is 10.6 Å². The standard InChI is InChI=1S/C13H16N2O5/c1-19-13(18)10-4-8(16)6-15(10)12(17)9-5-11(20-14-9)7-2-3-7/h5,7-8,10,16H,2-4,6H2,1H3. The van der Waals surface area contributed by atoms with Crippen LogP contribution >= 0.6 is 0 Å². The van der Waals surface area contributed by atoms with Crippen molar-refractivity contribution in [2.45, 2.75) is 37.3 Å². The molecule has 1 saturated heterocycles. The number of methoxy groups -OCH3 is 1. The first-order chi connectivity index (χ1) is 9.60. The quantitative estimate of drug-likeness (QED) is 0.800. The summed E-state index contributed by atoms with van der Waals surface area (Å²) in [5.41, 5.74) is 0.176. The van der Waals surface area contributed by atoms with Gasteiger partial charge in [-0.15, -0.1) is 0 Å². The molecule has 2 unspecified atom stereocenters. The fourth-order valence-corrected chi connectivity index (χ4v) is 2.50. The number of aromatic nitrogens is 1. The molecule has 2 fully saturated rings. The molecule has 20 heavy (non-hydrogen) atoms. The van der Waals surface area contributed by atoms with Gasteiger partial charge in [-0.2, -0.15) is 0 Å².